The van der Waals surface area contributed by atoms with E-state index in [0.717, 1.165) is 11.1 Å². The molecule has 3 rings (SSSR count). The lowest BCUT2D eigenvalue weighted by molar-refractivity contribution is 0.431. The van der Waals surface area contributed by atoms with Crippen molar-refractivity contribution in [2.75, 3.05) is 5.73 Å². The molecule has 19 heavy (non-hydrogen) atoms. The van der Waals surface area contributed by atoms with Gasteiger partial charge in [0.2, 0.25) is 5.82 Å². The zero-order chi connectivity index (χ0) is 13.2. The van der Waals surface area contributed by atoms with E-state index in [2.05, 4.69) is 20.1 Å². The first-order valence-electron chi connectivity index (χ1n) is 5.71. The molecule has 0 spiro atoms. The molecule has 0 bridgehead atoms. The number of pyridine rings is 2. The maximum Gasteiger partial charge on any atom is 0.278 e. The maximum absolute atomic E-state index is 5.83. The molecule has 0 atom stereocenters. The fourth-order valence-corrected chi connectivity index (χ4v) is 1.75. The van der Waals surface area contributed by atoms with Crippen molar-refractivity contribution in [2.24, 2.45) is 0 Å². The molecular formula is C13H11N5O. The first-order valence-corrected chi connectivity index (χ1v) is 5.71. The van der Waals surface area contributed by atoms with Crippen molar-refractivity contribution >= 4 is 5.69 Å². The van der Waals surface area contributed by atoms with Gasteiger partial charge in [-0.2, -0.15) is 4.98 Å². The molecule has 0 amide bonds. The van der Waals surface area contributed by atoms with Crippen LogP contribution in [-0.4, -0.2) is 20.1 Å². The van der Waals surface area contributed by atoms with E-state index in [-0.39, 0.29) is 0 Å². The summed E-state index contributed by atoms with van der Waals surface area (Å²) in [7, 11) is 0. The lowest BCUT2D eigenvalue weighted by atomic mass is 10.1. The molecule has 0 aliphatic carbocycles. The molecule has 0 unspecified atom stereocenters. The summed E-state index contributed by atoms with van der Waals surface area (Å²) in [6, 6.07) is 5.33. The van der Waals surface area contributed by atoms with Gasteiger partial charge in [-0.1, -0.05) is 5.16 Å². The predicted octanol–water partition coefficient (Wildman–Crippen LogP) is 2.08. The lowest BCUT2D eigenvalue weighted by Crippen LogP contribution is -1.92. The van der Waals surface area contributed by atoms with Crippen molar-refractivity contribution in [3.63, 3.8) is 0 Å². The van der Waals surface area contributed by atoms with E-state index < -0.39 is 0 Å². The van der Waals surface area contributed by atoms with Crippen molar-refractivity contribution in [3.8, 4) is 23.0 Å². The normalized spacial score (nSPS) is 10.6. The molecule has 0 aliphatic rings. The van der Waals surface area contributed by atoms with Crippen LogP contribution in [0.15, 0.2) is 41.3 Å². The van der Waals surface area contributed by atoms with Crippen LogP contribution in [0.25, 0.3) is 23.0 Å². The number of nitrogens with zero attached hydrogens (tertiary/aromatic N) is 4. The Kier molecular flexibility index (Phi) is 2.68. The molecule has 0 fully saturated rings. The summed E-state index contributed by atoms with van der Waals surface area (Å²) in [4.78, 5) is 12.5. The van der Waals surface area contributed by atoms with Crippen molar-refractivity contribution in [2.45, 2.75) is 6.92 Å². The van der Waals surface area contributed by atoms with Crippen LogP contribution < -0.4 is 5.73 Å². The van der Waals surface area contributed by atoms with E-state index in [1.165, 1.54) is 0 Å². The molecule has 3 aromatic rings. The number of hydrogen-bond donors (Lipinski definition) is 1. The molecule has 3 aromatic heterocycles. The number of aromatic nitrogens is 4. The third-order valence-electron chi connectivity index (χ3n) is 2.73. The zero-order valence-electron chi connectivity index (χ0n) is 10.2. The Balaban J connectivity index is 2.06. The van der Waals surface area contributed by atoms with E-state index in [9.17, 15) is 0 Å². The first kappa shape index (κ1) is 11.3. The zero-order valence-corrected chi connectivity index (χ0v) is 10.2. The molecule has 6 nitrogen and oxygen atoms in total. The molecular weight excluding hydrogens is 242 g/mol. The second kappa shape index (κ2) is 4.49. The van der Waals surface area contributed by atoms with Gasteiger partial charge in [0.25, 0.3) is 5.89 Å². The summed E-state index contributed by atoms with van der Waals surface area (Å²) in [6.45, 7) is 1.94. The van der Waals surface area contributed by atoms with Crippen molar-refractivity contribution in [1.82, 2.24) is 20.1 Å². The van der Waals surface area contributed by atoms with Crippen LogP contribution in [0.5, 0.6) is 0 Å². The van der Waals surface area contributed by atoms with Crippen molar-refractivity contribution in [1.29, 1.82) is 0 Å². The number of rotatable bonds is 2. The average Bonchev–Trinajstić information content (AvgIpc) is 2.89. The minimum absolute atomic E-state index is 0.310. The van der Waals surface area contributed by atoms with Gasteiger partial charge >= 0.3 is 0 Å². The van der Waals surface area contributed by atoms with Gasteiger partial charge in [0.1, 0.15) is 0 Å². The summed E-state index contributed by atoms with van der Waals surface area (Å²) in [5, 5.41) is 3.96. The Morgan fingerprint density at radius 2 is 2.11 bits per heavy atom. The van der Waals surface area contributed by atoms with Crippen LogP contribution in [0.4, 0.5) is 5.69 Å². The highest BCUT2D eigenvalue weighted by Gasteiger charge is 2.14. The van der Waals surface area contributed by atoms with Crippen LogP contribution in [0.3, 0.4) is 0 Å². The minimum atomic E-state index is 0.310. The topological polar surface area (TPSA) is 90.7 Å². The van der Waals surface area contributed by atoms with Crippen molar-refractivity contribution < 1.29 is 4.52 Å². The fraction of sp³-hybridized carbons (Fsp3) is 0.0769. The van der Waals surface area contributed by atoms with Gasteiger partial charge in [-0.05, 0) is 30.7 Å². The second-order valence-electron chi connectivity index (χ2n) is 4.05. The van der Waals surface area contributed by atoms with Crippen molar-refractivity contribution in [3.05, 3.63) is 42.4 Å². The van der Waals surface area contributed by atoms with Gasteiger partial charge in [0, 0.05) is 24.2 Å². The quantitative estimate of drug-likeness (QED) is 0.751. The Labute approximate surface area is 109 Å². The molecule has 2 N–H and O–H groups in total. The fourth-order valence-electron chi connectivity index (χ4n) is 1.75. The SMILES string of the molecule is Cc1cnccc1-c1noc(-c2ncccc2N)n1. The second-order valence-corrected chi connectivity index (χ2v) is 4.05. The molecule has 94 valence electrons. The van der Waals surface area contributed by atoms with Crippen LogP contribution >= 0.6 is 0 Å². The van der Waals surface area contributed by atoms with E-state index in [1.807, 2.05) is 13.0 Å². The molecule has 3 heterocycles. The van der Waals surface area contributed by atoms with E-state index >= 15 is 0 Å². The molecule has 0 radical (unpaired) electrons. The number of nitrogen functional groups attached to an aromatic ring is 1. The third kappa shape index (κ3) is 2.03. The summed E-state index contributed by atoms with van der Waals surface area (Å²) in [6.07, 6.45) is 5.07. The van der Waals surface area contributed by atoms with E-state index in [0.29, 0.717) is 23.1 Å². The van der Waals surface area contributed by atoms with Crippen LogP contribution in [0.1, 0.15) is 5.56 Å². The lowest BCUT2D eigenvalue weighted by Gasteiger charge is -1.98. The number of nitrogens with two attached hydrogens (primary N) is 1. The molecule has 0 aliphatic heterocycles. The molecule has 0 saturated carbocycles. The van der Waals surface area contributed by atoms with Crippen LogP contribution in [-0.2, 0) is 0 Å². The number of hydrogen-bond acceptors (Lipinski definition) is 6. The van der Waals surface area contributed by atoms with Gasteiger partial charge in [-0.15, -0.1) is 0 Å². The number of anilines is 1. The average molecular weight is 253 g/mol. The van der Waals surface area contributed by atoms with E-state index in [4.69, 9.17) is 10.3 Å². The highest BCUT2D eigenvalue weighted by atomic mass is 16.5. The minimum Gasteiger partial charge on any atom is -0.397 e. The number of aryl methyl sites for hydroxylation is 1. The van der Waals surface area contributed by atoms with Gasteiger partial charge in [0.15, 0.2) is 5.69 Å². The molecule has 0 aromatic carbocycles. The summed E-state index contributed by atoms with van der Waals surface area (Å²) < 4.78 is 5.22. The van der Waals surface area contributed by atoms with Crippen LogP contribution in [0.2, 0.25) is 0 Å². The molecule has 0 saturated heterocycles. The standard InChI is InChI=1S/C13H11N5O/c1-8-7-15-6-4-9(8)12-17-13(19-18-12)11-10(14)3-2-5-16-11/h2-7H,14H2,1H3. The monoisotopic (exact) mass is 253 g/mol. The van der Waals surface area contributed by atoms with Gasteiger partial charge < -0.3 is 10.3 Å². The Morgan fingerprint density at radius 3 is 2.89 bits per heavy atom. The third-order valence-corrected chi connectivity index (χ3v) is 2.73. The molecule has 6 heteroatoms. The van der Waals surface area contributed by atoms with Gasteiger partial charge in [-0.3, -0.25) is 4.98 Å². The summed E-state index contributed by atoms with van der Waals surface area (Å²) in [5.41, 5.74) is 8.68. The van der Waals surface area contributed by atoms with Gasteiger partial charge in [0.05, 0.1) is 5.69 Å². The Bertz CT molecular complexity index is 662. The highest BCUT2D eigenvalue weighted by molar-refractivity contribution is 5.67. The summed E-state index contributed by atoms with van der Waals surface area (Å²) in [5.74, 6) is 0.810. The predicted molar refractivity (Wildman–Crippen MR) is 69.9 cm³/mol. The summed E-state index contributed by atoms with van der Waals surface area (Å²) >= 11 is 0. The Hall–Kier alpha value is -2.76. The largest absolute Gasteiger partial charge is 0.397 e. The highest BCUT2D eigenvalue weighted by Crippen LogP contribution is 2.25. The first-order chi connectivity index (χ1) is 9.25. The smallest absolute Gasteiger partial charge is 0.278 e. The Morgan fingerprint density at radius 1 is 1.21 bits per heavy atom. The van der Waals surface area contributed by atoms with Crippen LogP contribution in [0, 0.1) is 6.92 Å². The van der Waals surface area contributed by atoms with E-state index in [1.54, 1.807) is 30.7 Å². The van der Waals surface area contributed by atoms with Gasteiger partial charge in [-0.25, -0.2) is 4.98 Å². The maximum atomic E-state index is 5.83.